The smallest absolute Gasteiger partial charge is 0.329 e. The maximum Gasteiger partial charge on any atom is 0.329 e. The zero-order valence-corrected chi connectivity index (χ0v) is 7.38. The van der Waals surface area contributed by atoms with E-state index < -0.39 is 11.5 Å². The Labute approximate surface area is 72.6 Å². The first-order valence-corrected chi connectivity index (χ1v) is 3.81. The maximum atomic E-state index is 11.1. The molecule has 0 radical (unpaired) electrons. The Balaban J connectivity index is 4.23. The second-order valence-corrected chi connectivity index (χ2v) is 2.63. The van der Waals surface area contributed by atoms with E-state index in [1.54, 1.807) is 0 Å². The summed E-state index contributed by atoms with van der Waals surface area (Å²) in [5.74, 6) is -0.467. The molecule has 4 nitrogen and oxygen atoms in total. The van der Waals surface area contributed by atoms with Crippen molar-refractivity contribution in [2.75, 3.05) is 13.7 Å². The van der Waals surface area contributed by atoms with Crippen LogP contribution >= 0.6 is 0 Å². The molecular weight excluding hydrogens is 156 g/mol. The average Bonchev–Trinajstić information content (AvgIpc) is 2.12. The Hall–Kier alpha value is -0.870. The summed E-state index contributed by atoms with van der Waals surface area (Å²) in [4.78, 5) is 11.1. The van der Waals surface area contributed by atoms with Gasteiger partial charge in [-0.1, -0.05) is 6.08 Å². The minimum atomic E-state index is -1.08. The summed E-state index contributed by atoms with van der Waals surface area (Å²) in [6, 6.07) is 0. The summed E-state index contributed by atoms with van der Waals surface area (Å²) in [7, 11) is 1.30. The molecule has 0 saturated carbocycles. The van der Waals surface area contributed by atoms with Crippen LogP contribution in [-0.2, 0) is 9.53 Å². The van der Waals surface area contributed by atoms with Crippen molar-refractivity contribution >= 4 is 5.97 Å². The van der Waals surface area contributed by atoms with Crippen LogP contribution in [0.1, 0.15) is 12.8 Å². The quantitative estimate of drug-likeness (QED) is 0.444. The predicted octanol–water partition coefficient (Wildman–Crippen LogP) is -0.218. The number of hydrogen-bond acceptors (Lipinski definition) is 4. The van der Waals surface area contributed by atoms with E-state index in [1.807, 2.05) is 0 Å². The van der Waals surface area contributed by atoms with Gasteiger partial charge in [0.1, 0.15) is 5.54 Å². The highest BCUT2D eigenvalue weighted by Crippen LogP contribution is 2.12. The molecule has 0 aromatic carbocycles. The molecule has 0 amide bonds. The average molecular weight is 172 g/mol. The first-order valence-electron chi connectivity index (χ1n) is 3.81. The molecule has 12 heavy (non-hydrogen) atoms. The molecule has 0 saturated heterocycles. The Morgan fingerprint density at radius 1 is 1.75 bits per heavy atom. The number of ether oxygens (including phenoxy) is 1. The molecule has 0 bridgehead atoms. The first kappa shape index (κ1) is 11.1. The van der Waals surface area contributed by atoms with Crippen LogP contribution in [0.25, 0.3) is 0 Å². The summed E-state index contributed by atoms with van der Waals surface area (Å²) < 4.78 is 4.53. The molecule has 0 unspecified atom stereocenters. The van der Waals surface area contributed by atoms with Crippen molar-refractivity contribution in [3.8, 4) is 0 Å². The molecule has 0 rings (SSSR count). The van der Waals surface area contributed by atoms with Crippen molar-refractivity contribution in [1.29, 1.82) is 0 Å². The second-order valence-electron chi connectivity index (χ2n) is 2.63. The van der Waals surface area contributed by atoms with Gasteiger partial charge < -0.3 is 16.2 Å². The third-order valence-electron chi connectivity index (χ3n) is 1.72. The van der Waals surface area contributed by atoms with Crippen LogP contribution < -0.4 is 11.5 Å². The van der Waals surface area contributed by atoms with Crippen LogP contribution in [-0.4, -0.2) is 25.2 Å². The number of nitrogens with two attached hydrogens (primary N) is 2. The van der Waals surface area contributed by atoms with Gasteiger partial charge in [-0.2, -0.15) is 0 Å². The summed E-state index contributed by atoms with van der Waals surface area (Å²) in [6.07, 6.45) is 2.55. The lowest BCUT2D eigenvalue weighted by Gasteiger charge is -2.21. The maximum absolute atomic E-state index is 11.1. The van der Waals surface area contributed by atoms with E-state index in [4.69, 9.17) is 11.5 Å². The molecule has 4 heteroatoms. The summed E-state index contributed by atoms with van der Waals surface area (Å²) >= 11 is 0. The van der Waals surface area contributed by atoms with Crippen molar-refractivity contribution < 1.29 is 9.53 Å². The fourth-order valence-electron chi connectivity index (χ4n) is 0.872. The summed E-state index contributed by atoms with van der Waals surface area (Å²) in [6.45, 7) is 3.99. The molecule has 0 aromatic heterocycles. The minimum Gasteiger partial charge on any atom is -0.467 e. The third-order valence-corrected chi connectivity index (χ3v) is 1.72. The van der Waals surface area contributed by atoms with Gasteiger partial charge in [0.25, 0.3) is 0 Å². The van der Waals surface area contributed by atoms with Gasteiger partial charge in [-0.15, -0.1) is 6.58 Å². The zero-order chi connectivity index (χ0) is 9.61. The van der Waals surface area contributed by atoms with Gasteiger partial charge in [0.15, 0.2) is 0 Å². The van der Waals surface area contributed by atoms with Crippen LogP contribution in [0.2, 0.25) is 0 Å². The Kier molecular flexibility index (Phi) is 4.54. The monoisotopic (exact) mass is 172 g/mol. The van der Waals surface area contributed by atoms with E-state index >= 15 is 0 Å². The van der Waals surface area contributed by atoms with Crippen LogP contribution in [0, 0.1) is 0 Å². The van der Waals surface area contributed by atoms with Crippen molar-refractivity contribution in [3.63, 3.8) is 0 Å². The van der Waals surface area contributed by atoms with E-state index in [2.05, 4.69) is 11.3 Å². The normalized spacial score (nSPS) is 14.9. The number of carbonyl (C=O) groups excluding carboxylic acids is 1. The number of esters is 1. The third kappa shape index (κ3) is 2.64. The molecule has 0 fully saturated rings. The van der Waals surface area contributed by atoms with Gasteiger partial charge in [-0.05, 0) is 19.4 Å². The van der Waals surface area contributed by atoms with E-state index in [0.717, 1.165) is 0 Å². The number of hydrogen-bond donors (Lipinski definition) is 2. The van der Waals surface area contributed by atoms with E-state index in [1.165, 1.54) is 13.2 Å². The van der Waals surface area contributed by atoms with Gasteiger partial charge in [0.2, 0.25) is 0 Å². The Bertz CT molecular complexity index is 170. The highest BCUT2D eigenvalue weighted by atomic mass is 16.5. The largest absolute Gasteiger partial charge is 0.467 e. The molecule has 0 spiro atoms. The number of rotatable bonds is 5. The molecule has 0 heterocycles. The summed E-state index contributed by atoms with van der Waals surface area (Å²) in [5.41, 5.74) is 9.90. The van der Waals surface area contributed by atoms with E-state index in [9.17, 15) is 4.79 Å². The molecule has 70 valence electrons. The molecule has 0 aliphatic heterocycles. The highest BCUT2D eigenvalue weighted by Gasteiger charge is 2.30. The van der Waals surface area contributed by atoms with Gasteiger partial charge >= 0.3 is 5.97 Å². The van der Waals surface area contributed by atoms with Gasteiger partial charge in [0, 0.05) is 0 Å². The second kappa shape index (κ2) is 4.90. The van der Waals surface area contributed by atoms with Crippen LogP contribution in [0.4, 0.5) is 0 Å². The first-order chi connectivity index (χ1) is 5.60. The van der Waals surface area contributed by atoms with Gasteiger partial charge in [0.05, 0.1) is 7.11 Å². The molecule has 0 aliphatic carbocycles. The number of methoxy groups -OCH3 is 1. The zero-order valence-electron chi connectivity index (χ0n) is 7.38. The van der Waals surface area contributed by atoms with E-state index in [-0.39, 0.29) is 0 Å². The van der Waals surface area contributed by atoms with Crippen LogP contribution in [0.3, 0.4) is 0 Å². The fraction of sp³-hybridized carbons (Fsp3) is 0.625. The highest BCUT2D eigenvalue weighted by molar-refractivity contribution is 5.82. The van der Waals surface area contributed by atoms with Crippen molar-refractivity contribution in [1.82, 2.24) is 0 Å². The summed E-state index contributed by atoms with van der Waals surface area (Å²) in [5, 5.41) is 0. The fourth-order valence-corrected chi connectivity index (χ4v) is 0.872. The van der Waals surface area contributed by atoms with Crippen molar-refractivity contribution in [2.24, 2.45) is 11.5 Å². The van der Waals surface area contributed by atoms with Gasteiger partial charge in [-0.25, -0.2) is 4.79 Å². The van der Waals surface area contributed by atoms with Crippen LogP contribution in [0.15, 0.2) is 12.7 Å². The molecule has 0 aliphatic rings. The topological polar surface area (TPSA) is 78.3 Å². The SMILES string of the molecule is C=C[C@](N)(CCCN)C(=O)OC. The molecule has 4 N–H and O–H groups in total. The van der Waals surface area contributed by atoms with Crippen molar-refractivity contribution in [2.45, 2.75) is 18.4 Å². The van der Waals surface area contributed by atoms with Crippen LogP contribution in [0.5, 0.6) is 0 Å². The van der Waals surface area contributed by atoms with Gasteiger partial charge in [-0.3, -0.25) is 0 Å². The lowest BCUT2D eigenvalue weighted by atomic mass is 9.95. The standard InChI is InChI=1S/C8H16N2O2/c1-3-8(10,5-4-6-9)7(11)12-2/h3H,1,4-6,9-10H2,2H3/t8-/m0/s1. The molecule has 0 aromatic rings. The Morgan fingerprint density at radius 2 is 2.33 bits per heavy atom. The minimum absolute atomic E-state index is 0.467. The lowest BCUT2D eigenvalue weighted by Crippen LogP contribution is -2.47. The van der Waals surface area contributed by atoms with E-state index in [0.29, 0.717) is 19.4 Å². The predicted molar refractivity (Wildman–Crippen MR) is 47.4 cm³/mol. The molecule has 1 atom stereocenters. The van der Waals surface area contributed by atoms with Crippen molar-refractivity contribution in [3.05, 3.63) is 12.7 Å². The lowest BCUT2D eigenvalue weighted by molar-refractivity contribution is -0.145. The Morgan fingerprint density at radius 3 is 2.67 bits per heavy atom. The number of carbonyl (C=O) groups is 1. The molecular formula is C8H16N2O2.